The number of benzene rings is 2. The van der Waals surface area contributed by atoms with Gasteiger partial charge in [0.1, 0.15) is 11.5 Å². The molecule has 0 bridgehead atoms. The molecule has 0 atom stereocenters. The van der Waals surface area contributed by atoms with Gasteiger partial charge < -0.3 is 9.47 Å². The molecule has 1 aliphatic rings. The predicted octanol–water partition coefficient (Wildman–Crippen LogP) is 10.3. The van der Waals surface area contributed by atoms with Gasteiger partial charge in [-0.1, -0.05) is 131 Å². The molecular weight excluding hydrogens is 404 g/mol. The quantitative estimate of drug-likeness (QED) is 0.453. The zero-order valence-electron chi connectivity index (χ0n) is 23.9. The summed E-state index contributed by atoms with van der Waals surface area (Å²) in [5.74, 6) is 4.64. The largest absolute Gasteiger partial charge is 0.497 e. The van der Waals surface area contributed by atoms with E-state index in [0.717, 1.165) is 29.3 Å². The third-order valence-corrected chi connectivity index (χ3v) is 4.55. The maximum Gasteiger partial charge on any atom is 0.118 e. The molecule has 1 aliphatic carbocycles. The number of ether oxygens (including phenoxy) is 2. The SMILES string of the molecule is CC.CC.CC(C)C.CC(C)C1CCCCC1.COc1ccccc1.COc1ccccc1. The van der Waals surface area contributed by atoms with E-state index in [1.807, 2.05) is 88.4 Å². The zero-order chi connectivity index (χ0) is 25.9. The van der Waals surface area contributed by atoms with Crippen molar-refractivity contribution in [3.05, 3.63) is 60.7 Å². The predicted molar refractivity (Wildman–Crippen MR) is 151 cm³/mol. The van der Waals surface area contributed by atoms with Crippen LogP contribution in [-0.2, 0) is 0 Å². The lowest BCUT2D eigenvalue weighted by Gasteiger charge is -2.24. The third-order valence-electron chi connectivity index (χ3n) is 4.55. The maximum atomic E-state index is 4.91. The second kappa shape index (κ2) is 28.1. The van der Waals surface area contributed by atoms with Crippen LogP contribution in [0.15, 0.2) is 60.7 Å². The van der Waals surface area contributed by atoms with Crippen molar-refractivity contribution in [3.8, 4) is 11.5 Å². The fourth-order valence-electron chi connectivity index (χ4n) is 2.91. The molecule has 0 heterocycles. The van der Waals surface area contributed by atoms with Crippen LogP contribution in [0, 0.1) is 17.8 Å². The summed E-state index contributed by atoms with van der Waals surface area (Å²) in [6.45, 7) is 19.2. The number of methoxy groups -OCH3 is 2. The molecule has 192 valence electrons. The van der Waals surface area contributed by atoms with Crippen LogP contribution < -0.4 is 9.47 Å². The Bertz CT molecular complexity index is 516. The summed E-state index contributed by atoms with van der Waals surface area (Å²) in [7, 11) is 3.32. The van der Waals surface area contributed by atoms with Gasteiger partial charge in [0.15, 0.2) is 0 Å². The fourth-order valence-corrected chi connectivity index (χ4v) is 2.91. The monoisotopic (exact) mass is 460 g/mol. The summed E-state index contributed by atoms with van der Waals surface area (Å²) >= 11 is 0. The lowest BCUT2D eigenvalue weighted by Crippen LogP contribution is -2.12. The van der Waals surface area contributed by atoms with Crippen molar-refractivity contribution in [2.24, 2.45) is 17.8 Å². The second-order valence-corrected chi connectivity index (χ2v) is 8.41. The molecular formula is C31H56O2. The first kappa shape index (κ1) is 35.6. The van der Waals surface area contributed by atoms with E-state index < -0.39 is 0 Å². The van der Waals surface area contributed by atoms with Gasteiger partial charge in [0, 0.05) is 0 Å². The van der Waals surface area contributed by atoms with E-state index in [1.54, 1.807) is 14.2 Å². The molecule has 0 saturated heterocycles. The van der Waals surface area contributed by atoms with E-state index in [-0.39, 0.29) is 0 Å². The Balaban J connectivity index is -0.000000355. The van der Waals surface area contributed by atoms with Crippen LogP contribution in [0.2, 0.25) is 0 Å². The van der Waals surface area contributed by atoms with Crippen molar-refractivity contribution in [2.45, 2.75) is 94.4 Å². The number of rotatable bonds is 3. The Morgan fingerprint density at radius 3 is 1.06 bits per heavy atom. The van der Waals surface area contributed by atoms with Crippen molar-refractivity contribution >= 4 is 0 Å². The summed E-state index contributed by atoms with van der Waals surface area (Å²) < 4.78 is 9.83. The fraction of sp³-hybridized carbons (Fsp3) is 0.613. The van der Waals surface area contributed by atoms with Gasteiger partial charge >= 0.3 is 0 Å². The van der Waals surface area contributed by atoms with Gasteiger partial charge in [-0.05, 0) is 42.0 Å². The summed E-state index contributed by atoms with van der Waals surface area (Å²) in [5.41, 5.74) is 0. The van der Waals surface area contributed by atoms with Gasteiger partial charge in [0.25, 0.3) is 0 Å². The second-order valence-electron chi connectivity index (χ2n) is 8.41. The minimum atomic E-state index is 0.833. The van der Waals surface area contributed by atoms with Crippen LogP contribution in [0.1, 0.15) is 94.4 Å². The van der Waals surface area contributed by atoms with Gasteiger partial charge in [0.05, 0.1) is 14.2 Å². The molecule has 2 aromatic rings. The van der Waals surface area contributed by atoms with Gasteiger partial charge in [-0.2, -0.15) is 0 Å². The zero-order valence-corrected chi connectivity index (χ0v) is 23.9. The third kappa shape index (κ3) is 26.2. The van der Waals surface area contributed by atoms with Crippen molar-refractivity contribution in [1.82, 2.24) is 0 Å². The lowest BCUT2D eigenvalue weighted by atomic mass is 9.82. The molecule has 0 N–H and O–H groups in total. The van der Waals surface area contributed by atoms with E-state index in [1.165, 1.54) is 32.1 Å². The highest BCUT2D eigenvalue weighted by Gasteiger charge is 2.15. The van der Waals surface area contributed by atoms with E-state index in [2.05, 4.69) is 34.6 Å². The van der Waals surface area contributed by atoms with Gasteiger partial charge in [0.2, 0.25) is 0 Å². The van der Waals surface area contributed by atoms with E-state index in [0.29, 0.717) is 0 Å². The molecule has 33 heavy (non-hydrogen) atoms. The summed E-state index contributed by atoms with van der Waals surface area (Å²) in [5, 5.41) is 0. The van der Waals surface area contributed by atoms with Gasteiger partial charge in [-0.15, -0.1) is 0 Å². The normalized spacial score (nSPS) is 11.9. The van der Waals surface area contributed by atoms with E-state index >= 15 is 0 Å². The standard InChI is InChI=1S/C9H18.2C7H8O.C4H10.2C2H6/c1-8(2)9-6-4-3-5-7-9;2*1-8-7-5-3-2-4-6-7;1-4(2)3;2*1-2/h8-9H,3-7H2,1-2H3;2*2-6H,1H3;4H,1-3H3;2*1-2H3. The minimum absolute atomic E-state index is 0.833. The first-order valence-electron chi connectivity index (χ1n) is 13.1. The minimum Gasteiger partial charge on any atom is -0.497 e. The van der Waals surface area contributed by atoms with Crippen molar-refractivity contribution < 1.29 is 9.47 Å². The summed E-state index contributed by atoms with van der Waals surface area (Å²) in [6, 6.07) is 19.4. The van der Waals surface area contributed by atoms with Gasteiger partial charge in [-0.25, -0.2) is 0 Å². The molecule has 3 rings (SSSR count). The molecule has 2 nitrogen and oxygen atoms in total. The molecule has 0 aliphatic heterocycles. The van der Waals surface area contributed by atoms with Crippen LogP contribution in [0.5, 0.6) is 11.5 Å². The maximum absolute atomic E-state index is 4.91. The highest BCUT2D eigenvalue weighted by Crippen LogP contribution is 2.29. The van der Waals surface area contributed by atoms with Crippen LogP contribution in [0.3, 0.4) is 0 Å². The molecule has 1 saturated carbocycles. The summed E-state index contributed by atoms with van der Waals surface area (Å²) in [6.07, 6.45) is 7.46. The van der Waals surface area contributed by atoms with Crippen LogP contribution in [0.4, 0.5) is 0 Å². The Kier molecular flexibility index (Phi) is 30.3. The Morgan fingerprint density at radius 2 is 0.879 bits per heavy atom. The molecule has 0 spiro atoms. The highest BCUT2D eigenvalue weighted by molar-refractivity contribution is 5.21. The molecule has 2 heteroatoms. The average molecular weight is 461 g/mol. The lowest BCUT2D eigenvalue weighted by molar-refractivity contribution is 0.279. The molecule has 0 unspecified atom stereocenters. The van der Waals surface area contributed by atoms with E-state index in [4.69, 9.17) is 9.47 Å². The molecule has 0 radical (unpaired) electrons. The van der Waals surface area contributed by atoms with E-state index in [9.17, 15) is 0 Å². The van der Waals surface area contributed by atoms with Crippen LogP contribution in [0.25, 0.3) is 0 Å². The molecule has 1 fully saturated rings. The molecule has 0 amide bonds. The Hall–Kier alpha value is -1.96. The first-order chi connectivity index (χ1) is 15.9. The van der Waals surface area contributed by atoms with Crippen molar-refractivity contribution in [3.63, 3.8) is 0 Å². The smallest absolute Gasteiger partial charge is 0.118 e. The van der Waals surface area contributed by atoms with Crippen molar-refractivity contribution in [2.75, 3.05) is 14.2 Å². The molecule has 2 aromatic carbocycles. The number of para-hydroxylation sites is 2. The first-order valence-corrected chi connectivity index (χ1v) is 13.1. The Labute approximate surface area is 208 Å². The van der Waals surface area contributed by atoms with Gasteiger partial charge in [-0.3, -0.25) is 0 Å². The number of hydrogen-bond donors (Lipinski definition) is 0. The molecule has 0 aromatic heterocycles. The summed E-state index contributed by atoms with van der Waals surface area (Å²) in [4.78, 5) is 0. The highest BCUT2D eigenvalue weighted by atomic mass is 16.5. The van der Waals surface area contributed by atoms with Crippen molar-refractivity contribution in [1.29, 1.82) is 0 Å². The topological polar surface area (TPSA) is 18.5 Å². The number of hydrogen-bond acceptors (Lipinski definition) is 2. The van der Waals surface area contributed by atoms with Crippen LogP contribution in [-0.4, -0.2) is 14.2 Å². The Morgan fingerprint density at radius 1 is 0.576 bits per heavy atom. The van der Waals surface area contributed by atoms with Crippen LogP contribution >= 0.6 is 0 Å². The average Bonchev–Trinajstić information content (AvgIpc) is 2.88.